The minimum atomic E-state index is -0.928. The molecule has 0 rings (SSSR count). The Bertz CT molecular complexity index is 447. The zero-order valence-corrected chi connectivity index (χ0v) is 23.4. The van der Waals surface area contributed by atoms with Crippen LogP contribution < -0.4 is 5.32 Å². The molecule has 1 amide bonds. The number of aliphatic hydroxyl groups is 1. The summed E-state index contributed by atoms with van der Waals surface area (Å²) in [5, 5.41) is 20.6. The van der Waals surface area contributed by atoms with Crippen LogP contribution in [0.15, 0.2) is 12.2 Å². The van der Waals surface area contributed by atoms with Gasteiger partial charge in [-0.15, -0.1) is 0 Å². The van der Waals surface area contributed by atoms with Gasteiger partial charge in [0.25, 0.3) is 0 Å². The van der Waals surface area contributed by atoms with E-state index in [4.69, 9.17) is 10.2 Å². The number of nitrogens with one attached hydrogen (secondary N) is 1. The Morgan fingerprint density at radius 2 is 1.39 bits per heavy atom. The Morgan fingerprint density at radius 3 is 1.94 bits per heavy atom. The van der Waals surface area contributed by atoms with E-state index < -0.39 is 5.97 Å². The quantitative estimate of drug-likeness (QED) is 0.127. The number of nitrogens with zero attached hydrogens (tertiary/aromatic N) is 1. The molecule has 0 heterocycles. The number of hydrogen-bond donors (Lipinski definition) is 3. The predicted octanol–water partition coefficient (Wildman–Crippen LogP) is 4.14. The molecule has 0 aliphatic rings. The molecule has 177 valence electrons. The average Bonchev–Trinajstić information content (AvgIpc) is 2.70. The van der Waals surface area contributed by atoms with Crippen LogP contribution in [0, 0.1) is 0 Å². The first kappa shape index (κ1) is 33.4. The molecule has 0 aromatic heterocycles. The molecule has 0 unspecified atom stereocenters. The van der Waals surface area contributed by atoms with Gasteiger partial charge in [0, 0.05) is 77.4 Å². The Labute approximate surface area is 233 Å². The third-order valence-electron chi connectivity index (χ3n) is 5.19. The molecule has 7 heteroatoms. The van der Waals surface area contributed by atoms with Gasteiger partial charge in [-0.25, -0.2) is 0 Å². The number of carbonyl (C=O) groups is 2. The fourth-order valence-corrected chi connectivity index (χ4v) is 3.40. The average molecular weight is 466 g/mol. The summed E-state index contributed by atoms with van der Waals surface area (Å²) in [6.07, 6.45) is 21.3. The first-order valence-corrected chi connectivity index (χ1v) is 12.1. The fraction of sp³-hybridized carbons (Fsp3) is 0.833. The zero-order chi connectivity index (χ0) is 22.3. The van der Waals surface area contributed by atoms with Gasteiger partial charge in [-0.2, -0.15) is 0 Å². The normalized spacial score (nSPS) is 11.1. The number of carboxylic acid groups (broad SMARTS) is 1. The van der Waals surface area contributed by atoms with E-state index in [0.29, 0.717) is 26.1 Å². The molecule has 0 saturated carbocycles. The van der Waals surface area contributed by atoms with Crippen molar-refractivity contribution in [1.82, 2.24) is 10.2 Å². The van der Waals surface area contributed by atoms with Crippen LogP contribution in [0.3, 0.4) is 0 Å². The van der Waals surface area contributed by atoms with Gasteiger partial charge >= 0.3 is 5.97 Å². The summed E-state index contributed by atoms with van der Waals surface area (Å²) in [5.74, 6) is -0.907. The van der Waals surface area contributed by atoms with Crippen molar-refractivity contribution >= 4 is 63.3 Å². The van der Waals surface area contributed by atoms with Crippen molar-refractivity contribution in [3.63, 3.8) is 0 Å². The smallest absolute Gasteiger partial charge is 0.317 e. The molecule has 0 atom stereocenters. The largest absolute Gasteiger partial charge is 0.480 e. The molecule has 3 N–H and O–H groups in total. The number of rotatable bonds is 22. The summed E-state index contributed by atoms with van der Waals surface area (Å²) in [4.78, 5) is 24.2. The second-order valence-electron chi connectivity index (χ2n) is 8.08. The van der Waals surface area contributed by atoms with Crippen molar-refractivity contribution in [3.05, 3.63) is 12.2 Å². The minimum absolute atomic E-state index is 0. The van der Waals surface area contributed by atoms with Crippen LogP contribution in [-0.2, 0) is 9.59 Å². The van der Waals surface area contributed by atoms with Crippen LogP contribution >= 0.6 is 0 Å². The molecule has 0 aromatic carbocycles. The van der Waals surface area contributed by atoms with Crippen molar-refractivity contribution in [2.24, 2.45) is 0 Å². The van der Waals surface area contributed by atoms with Crippen LogP contribution in [0.2, 0.25) is 0 Å². The Kier molecular flexibility index (Phi) is 28.5. The van der Waals surface area contributed by atoms with Gasteiger partial charge in [-0.3, -0.25) is 14.5 Å². The van der Waals surface area contributed by atoms with E-state index in [2.05, 4.69) is 24.4 Å². The first-order valence-electron chi connectivity index (χ1n) is 12.1. The number of unbranched alkanes of at least 4 members (excludes halogenated alkanes) is 11. The summed E-state index contributed by atoms with van der Waals surface area (Å²) in [6, 6.07) is 0. The molecule has 6 nitrogen and oxygen atoms in total. The third-order valence-corrected chi connectivity index (χ3v) is 5.19. The van der Waals surface area contributed by atoms with E-state index in [9.17, 15) is 9.59 Å². The number of amides is 1. The van der Waals surface area contributed by atoms with E-state index in [0.717, 1.165) is 19.3 Å². The van der Waals surface area contributed by atoms with Gasteiger partial charge < -0.3 is 15.5 Å². The summed E-state index contributed by atoms with van der Waals surface area (Å²) in [7, 11) is 0. The van der Waals surface area contributed by atoms with E-state index >= 15 is 0 Å². The summed E-state index contributed by atoms with van der Waals surface area (Å²) in [6.45, 7) is 3.20. The second kappa shape index (κ2) is 26.5. The van der Waals surface area contributed by atoms with Gasteiger partial charge in [0.05, 0.1) is 13.2 Å². The van der Waals surface area contributed by atoms with Gasteiger partial charge in [0.2, 0.25) is 5.91 Å². The maximum Gasteiger partial charge on any atom is 0.317 e. The number of aliphatic carboxylic acids is 1. The molecular formula is C24H46KN2O4. The number of carboxylic acids is 1. The van der Waals surface area contributed by atoms with Crippen LogP contribution in [0.1, 0.15) is 96.8 Å². The monoisotopic (exact) mass is 465 g/mol. The standard InChI is InChI=1S/C24H46N2O4.K/c1-2-3-4-5-6-7-8-9-10-11-12-13-14-15-16-17-23(28)25-18-19-26(20-21-27)22-24(29)30;/h9-10,27H,2-8,11-22H2,1H3,(H,25,28)(H,29,30);/b10-9-;. The van der Waals surface area contributed by atoms with Crippen LogP contribution in [0.25, 0.3) is 0 Å². The maximum atomic E-state index is 11.8. The molecule has 0 aromatic rings. The van der Waals surface area contributed by atoms with E-state index in [1.807, 2.05) is 0 Å². The predicted molar refractivity (Wildman–Crippen MR) is 129 cm³/mol. The second-order valence-corrected chi connectivity index (χ2v) is 8.08. The fourth-order valence-electron chi connectivity index (χ4n) is 3.40. The molecule has 0 spiro atoms. The summed E-state index contributed by atoms with van der Waals surface area (Å²) >= 11 is 0. The molecule has 0 aliphatic heterocycles. The summed E-state index contributed by atoms with van der Waals surface area (Å²) < 4.78 is 0. The van der Waals surface area contributed by atoms with Crippen LogP contribution in [0.5, 0.6) is 0 Å². The number of hydrogen-bond acceptors (Lipinski definition) is 4. The van der Waals surface area contributed by atoms with Crippen molar-refractivity contribution in [2.75, 3.05) is 32.8 Å². The Morgan fingerprint density at radius 1 is 0.839 bits per heavy atom. The summed E-state index contributed by atoms with van der Waals surface area (Å²) in [5.41, 5.74) is 0. The van der Waals surface area contributed by atoms with Crippen molar-refractivity contribution < 1.29 is 19.8 Å². The molecular weight excluding hydrogens is 419 g/mol. The number of aliphatic hydroxyl groups excluding tert-OH is 1. The van der Waals surface area contributed by atoms with Gasteiger partial charge in [-0.1, -0.05) is 70.4 Å². The van der Waals surface area contributed by atoms with Crippen molar-refractivity contribution in [3.8, 4) is 0 Å². The molecule has 0 bridgehead atoms. The first-order chi connectivity index (χ1) is 14.6. The minimum Gasteiger partial charge on any atom is -0.480 e. The molecule has 31 heavy (non-hydrogen) atoms. The molecule has 0 fully saturated rings. The Hall–Kier alpha value is 0.236. The van der Waals surface area contributed by atoms with Gasteiger partial charge in [0.15, 0.2) is 0 Å². The SMILES string of the molecule is CCCCCCCC/C=C\CCCCCCCC(=O)NCCN(CCO)CC(=O)O.[K]. The van der Waals surface area contributed by atoms with Gasteiger partial charge in [0.1, 0.15) is 0 Å². The van der Waals surface area contributed by atoms with Gasteiger partial charge in [-0.05, 0) is 32.1 Å². The van der Waals surface area contributed by atoms with E-state index in [-0.39, 0.29) is 70.4 Å². The molecule has 0 aliphatic carbocycles. The Balaban J connectivity index is 0. The van der Waals surface area contributed by atoms with Crippen molar-refractivity contribution in [2.45, 2.75) is 96.8 Å². The van der Waals surface area contributed by atoms with Crippen LogP contribution in [-0.4, -0.2) is 111 Å². The molecule has 0 saturated heterocycles. The van der Waals surface area contributed by atoms with Crippen LogP contribution in [0.4, 0.5) is 0 Å². The third kappa shape index (κ3) is 26.4. The van der Waals surface area contributed by atoms with E-state index in [1.54, 1.807) is 4.90 Å². The van der Waals surface area contributed by atoms with Crippen molar-refractivity contribution in [1.29, 1.82) is 0 Å². The number of allylic oxidation sites excluding steroid dienone is 2. The van der Waals surface area contributed by atoms with E-state index in [1.165, 1.54) is 64.2 Å². The topological polar surface area (TPSA) is 89.9 Å². The number of carbonyl (C=O) groups excluding carboxylic acids is 1. The maximum absolute atomic E-state index is 11.8. The molecule has 1 radical (unpaired) electrons. The zero-order valence-electron chi connectivity index (χ0n) is 20.2.